The number of hydrogen-bond acceptors (Lipinski definition) is 8. The van der Waals surface area contributed by atoms with Crippen LogP contribution in [0, 0.1) is 0 Å². The first kappa shape index (κ1) is 20.2. The quantitative estimate of drug-likeness (QED) is 0.0819. The van der Waals surface area contributed by atoms with Crippen LogP contribution < -0.4 is 10.6 Å². The summed E-state index contributed by atoms with van der Waals surface area (Å²) >= 11 is 0. The number of carbonyl (C=O) groups excluding carboxylic acids is 3. The second-order valence-electron chi connectivity index (χ2n) is 4.49. The molecule has 1 unspecified atom stereocenters. The molecule has 138 valence electrons. The molecule has 1 aliphatic rings. The lowest BCUT2D eigenvalue weighted by Gasteiger charge is -2.13. The normalized spacial score (nSPS) is 15.2. The van der Waals surface area contributed by atoms with Gasteiger partial charge >= 0.3 is 18.2 Å². The summed E-state index contributed by atoms with van der Waals surface area (Å²) in [6, 6.07) is 0. The molecule has 1 atom stereocenters. The van der Waals surface area contributed by atoms with Gasteiger partial charge in [-0.1, -0.05) is 12.7 Å². The first-order valence-corrected chi connectivity index (χ1v) is 7.32. The van der Waals surface area contributed by atoms with Crippen LogP contribution in [0.2, 0.25) is 0 Å². The van der Waals surface area contributed by atoms with E-state index in [1.165, 1.54) is 18.2 Å². The molecule has 0 aromatic rings. The molecule has 2 amide bonds. The van der Waals surface area contributed by atoms with Gasteiger partial charge in [-0.05, 0) is 6.08 Å². The lowest BCUT2D eigenvalue weighted by atomic mass is 10.3. The van der Waals surface area contributed by atoms with Crippen molar-refractivity contribution < 1.29 is 38.4 Å². The third-order valence-corrected chi connectivity index (χ3v) is 2.53. The number of ether oxygens (including phenoxy) is 3. The Hall–Kier alpha value is -2.85. The van der Waals surface area contributed by atoms with Crippen LogP contribution in [0.5, 0.6) is 0 Å². The molecule has 1 aliphatic heterocycles. The molecule has 0 saturated carbocycles. The third kappa shape index (κ3) is 9.13. The zero-order valence-electron chi connectivity index (χ0n) is 13.5. The van der Waals surface area contributed by atoms with Crippen molar-refractivity contribution in [2.75, 3.05) is 26.5 Å². The fourth-order valence-electron chi connectivity index (χ4n) is 1.43. The highest BCUT2D eigenvalue weighted by molar-refractivity contribution is 5.85. The van der Waals surface area contributed by atoms with E-state index in [9.17, 15) is 14.4 Å². The average Bonchev–Trinajstić information content (AvgIpc) is 3.00. The van der Waals surface area contributed by atoms with Crippen LogP contribution in [0.4, 0.5) is 9.59 Å². The van der Waals surface area contributed by atoms with Crippen LogP contribution in [0.3, 0.4) is 0 Å². The van der Waals surface area contributed by atoms with Crippen LogP contribution in [0.1, 0.15) is 6.42 Å². The highest BCUT2D eigenvalue weighted by Crippen LogP contribution is 2.14. The summed E-state index contributed by atoms with van der Waals surface area (Å²) in [6.45, 7) is 7.36. The Kier molecular flexibility index (Phi) is 9.41. The molecule has 0 radical (unpaired) electrons. The zero-order valence-corrected chi connectivity index (χ0v) is 13.5. The Balaban J connectivity index is 2.02. The minimum Gasteiger partial charge on any atom is -0.449 e. The Bertz CT molecular complexity index is 532. The summed E-state index contributed by atoms with van der Waals surface area (Å²) in [5, 5.41) is 4.54. The predicted octanol–water partition coefficient (Wildman–Crippen LogP) is 0.916. The zero-order chi connectivity index (χ0) is 18.5. The van der Waals surface area contributed by atoms with E-state index in [0.717, 1.165) is 0 Å². The Morgan fingerprint density at radius 3 is 2.68 bits per heavy atom. The topological polar surface area (TPSA) is 121 Å². The molecule has 0 spiro atoms. The van der Waals surface area contributed by atoms with Crippen molar-refractivity contribution in [1.82, 2.24) is 10.6 Å². The first-order valence-electron chi connectivity index (χ1n) is 7.32. The van der Waals surface area contributed by atoms with Crippen LogP contribution in [-0.2, 0) is 28.8 Å². The van der Waals surface area contributed by atoms with Crippen molar-refractivity contribution in [3.05, 3.63) is 37.1 Å². The second kappa shape index (κ2) is 11.6. The van der Waals surface area contributed by atoms with E-state index in [-0.39, 0.29) is 32.2 Å². The molecular weight excluding hydrogens is 336 g/mol. The third-order valence-electron chi connectivity index (χ3n) is 2.53. The molecule has 10 nitrogen and oxygen atoms in total. The summed E-state index contributed by atoms with van der Waals surface area (Å²) in [4.78, 5) is 43.1. The van der Waals surface area contributed by atoms with Gasteiger partial charge in [-0.2, -0.15) is 0 Å². The molecule has 2 N–H and O–H groups in total. The van der Waals surface area contributed by atoms with E-state index in [1.807, 2.05) is 0 Å². The number of cyclic esters (lactones) is 1. The molecule has 0 aromatic carbocycles. The summed E-state index contributed by atoms with van der Waals surface area (Å²) in [6.07, 6.45) is 2.18. The van der Waals surface area contributed by atoms with Gasteiger partial charge in [-0.25, -0.2) is 24.2 Å². The van der Waals surface area contributed by atoms with Crippen LogP contribution in [0.15, 0.2) is 37.1 Å². The maximum Gasteiger partial charge on any atom is 0.413 e. The van der Waals surface area contributed by atoms with Crippen LogP contribution in [-0.4, -0.2) is 50.7 Å². The van der Waals surface area contributed by atoms with E-state index in [1.54, 1.807) is 0 Å². The lowest BCUT2D eigenvalue weighted by Crippen LogP contribution is -2.38. The Labute approximate surface area is 144 Å². The molecule has 0 fully saturated rings. The summed E-state index contributed by atoms with van der Waals surface area (Å²) in [7, 11) is 0. The molecular formula is C15H20N2O8. The average molecular weight is 356 g/mol. The lowest BCUT2D eigenvalue weighted by molar-refractivity contribution is -0.287. The first-order chi connectivity index (χ1) is 12.0. The molecule has 0 bridgehead atoms. The number of hydrogen-bond donors (Lipinski definition) is 2. The highest BCUT2D eigenvalue weighted by atomic mass is 17.2. The fourth-order valence-corrected chi connectivity index (χ4v) is 1.43. The van der Waals surface area contributed by atoms with E-state index in [4.69, 9.17) is 19.1 Å². The predicted molar refractivity (Wildman–Crippen MR) is 83.8 cm³/mol. The van der Waals surface area contributed by atoms with Gasteiger partial charge in [-0.3, -0.25) is 0 Å². The Morgan fingerprint density at radius 1 is 1.24 bits per heavy atom. The molecule has 1 heterocycles. The minimum atomic E-state index is -0.866. The maximum absolute atomic E-state index is 11.5. The van der Waals surface area contributed by atoms with Crippen molar-refractivity contribution >= 4 is 18.2 Å². The molecule has 0 aliphatic carbocycles. The highest BCUT2D eigenvalue weighted by Gasteiger charge is 2.22. The smallest absolute Gasteiger partial charge is 0.413 e. The van der Waals surface area contributed by atoms with Gasteiger partial charge in [-0.15, -0.1) is 6.58 Å². The fraction of sp³-hybridized carbons (Fsp3) is 0.400. The van der Waals surface area contributed by atoms with E-state index in [0.29, 0.717) is 6.42 Å². The number of rotatable bonds is 11. The van der Waals surface area contributed by atoms with Crippen LogP contribution >= 0.6 is 0 Å². The molecule has 1 rings (SSSR count). The van der Waals surface area contributed by atoms with Crippen molar-refractivity contribution in [2.45, 2.75) is 12.5 Å². The van der Waals surface area contributed by atoms with Crippen molar-refractivity contribution in [3.63, 3.8) is 0 Å². The van der Waals surface area contributed by atoms with Gasteiger partial charge in [0, 0.05) is 12.5 Å². The van der Waals surface area contributed by atoms with E-state index >= 15 is 0 Å². The molecule has 25 heavy (non-hydrogen) atoms. The van der Waals surface area contributed by atoms with Crippen molar-refractivity contribution in [1.29, 1.82) is 0 Å². The van der Waals surface area contributed by atoms with Gasteiger partial charge in [0.2, 0.25) is 0 Å². The maximum atomic E-state index is 11.5. The van der Waals surface area contributed by atoms with Gasteiger partial charge in [0.15, 0.2) is 6.10 Å². The number of amides is 2. The number of alkyl carbamates (subject to hydrolysis) is 2. The largest absolute Gasteiger partial charge is 0.449 e. The monoisotopic (exact) mass is 356 g/mol. The summed E-state index contributed by atoms with van der Waals surface area (Å²) in [5.74, 6) is -0.599. The van der Waals surface area contributed by atoms with E-state index < -0.39 is 24.3 Å². The van der Waals surface area contributed by atoms with Crippen LogP contribution in [0.25, 0.3) is 0 Å². The van der Waals surface area contributed by atoms with Gasteiger partial charge in [0.05, 0.1) is 19.9 Å². The molecule has 0 saturated heterocycles. The van der Waals surface area contributed by atoms with Gasteiger partial charge < -0.3 is 24.8 Å². The minimum absolute atomic E-state index is 0.0548. The standard InChI is InChI=1S/C15H20N2O8/c1-3-7-22-23-9-4-8-21-14(19)16-10-17-15(20)24-11(2)12-5-6-13(18)25-12/h3,5-6,12H,1-2,4,7-10H2,(H,16,19)(H,17,20). The van der Waals surface area contributed by atoms with Crippen molar-refractivity contribution in [3.8, 4) is 0 Å². The number of esters is 1. The summed E-state index contributed by atoms with van der Waals surface area (Å²) in [5.41, 5.74) is 0. The molecule has 10 heteroatoms. The van der Waals surface area contributed by atoms with E-state index in [2.05, 4.69) is 28.7 Å². The number of nitrogens with one attached hydrogen (secondary N) is 2. The van der Waals surface area contributed by atoms with Gasteiger partial charge in [0.1, 0.15) is 12.4 Å². The summed E-state index contributed by atoms with van der Waals surface area (Å²) < 4.78 is 14.4. The van der Waals surface area contributed by atoms with Crippen molar-refractivity contribution in [2.24, 2.45) is 0 Å². The second-order valence-corrected chi connectivity index (χ2v) is 4.49. The molecule has 0 aromatic heterocycles. The SMILES string of the molecule is C=CCOOCCCOC(=O)NCNC(=O)OC(=C)C1C=CC(=O)O1. The van der Waals surface area contributed by atoms with Gasteiger partial charge in [0.25, 0.3) is 0 Å². The Morgan fingerprint density at radius 2 is 2.00 bits per heavy atom. The number of carbonyl (C=O) groups is 3.